The van der Waals surface area contributed by atoms with E-state index in [9.17, 15) is 9.18 Å². The molecule has 6 heteroatoms. The Labute approximate surface area is 137 Å². The van der Waals surface area contributed by atoms with E-state index in [0.29, 0.717) is 19.7 Å². The highest BCUT2D eigenvalue weighted by Gasteiger charge is 2.34. The van der Waals surface area contributed by atoms with Gasteiger partial charge in [-0.2, -0.15) is 0 Å². The highest BCUT2D eigenvalue weighted by atomic mass is 35.5. The van der Waals surface area contributed by atoms with Gasteiger partial charge in [0.2, 0.25) is 5.91 Å². The van der Waals surface area contributed by atoms with E-state index >= 15 is 0 Å². The lowest BCUT2D eigenvalue weighted by atomic mass is 9.86. The Balaban J connectivity index is 0.00000242. The fourth-order valence-corrected chi connectivity index (χ4v) is 2.33. The van der Waals surface area contributed by atoms with Gasteiger partial charge in [-0.25, -0.2) is 4.39 Å². The lowest BCUT2D eigenvalue weighted by Crippen LogP contribution is -2.53. The first-order valence-electron chi connectivity index (χ1n) is 7.20. The molecule has 1 saturated heterocycles. The number of rotatable bonds is 2. The Morgan fingerprint density at radius 2 is 2.14 bits per heavy atom. The van der Waals surface area contributed by atoms with Gasteiger partial charge in [-0.15, -0.1) is 12.4 Å². The van der Waals surface area contributed by atoms with Crippen molar-refractivity contribution in [2.75, 3.05) is 19.7 Å². The van der Waals surface area contributed by atoms with Gasteiger partial charge in [0.1, 0.15) is 11.9 Å². The maximum atomic E-state index is 13.3. The Morgan fingerprint density at radius 3 is 2.73 bits per heavy atom. The average molecular weight is 331 g/mol. The van der Waals surface area contributed by atoms with Gasteiger partial charge in [0.25, 0.3) is 0 Å². The van der Waals surface area contributed by atoms with Crippen molar-refractivity contribution in [2.45, 2.75) is 32.9 Å². The molecule has 0 saturated carbocycles. The second kappa shape index (κ2) is 7.40. The molecule has 1 amide bonds. The number of benzene rings is 1. The van der Waals surface area contributed by atoms with Crippen LogP contribution in [0.3, 0.4) is 0 Å². The van der Waals surface area contributed by atoms with Crippen molar-refractivity contribution in [3.63, 3.8) is 0 Å². The number of halogens is 2. The van der Waals surface area contributed by atoms with E-state index in [2.05, 4.69) is 0 Å². The van der Waals surface area contributed by atoms with Gasteiger partial charge in [0.15, 0.2) is 0 Å². The molecule has 1 heterocycles. The molecule has 1 fully saturated rings. The fourth-order valence-electron chi connectivity index (χ4n) is 2.33. The van der Waals surface area contributed by atoms with Crippen LogP contribution >= 0.6 is 12.4 Å². The molecule has 1 aromatic rings. The third-order valence-corrected chi connectivity index (χ3v) is 3.80. The molecule has 2 atom stereocenters. The first-order chi connectivity index (χ1) is 9.79. The zero-order valence-corrected chi connectivity index (χ0v) is 14.0. The topological polar surface area (TPSA) is 55.6 Å². The predicted octanol–water partition coefficient (Wildman–Crippen LogP) is 2.52. The number of hydrogen-bond donors (Lipinski definition) is 1. The van der Waals surface area contributed by atoms with Crippen LogP contribution in [0.15, 0.2) is 24.3 Å². The molecular formula is C16H24ClFN2O2. The molecule has 0 spiro atoms. The van der Waals surface area contributed by atoms with Gasteiger partial charge >= 0.3 is 0 Å². The summed E-state index contributed by atoms with van der Waals surface area (Å²) in [6, 6.07) is 5.75. The average Bonchev–Trinajstić information content (AvgIpc) is 2.45. The van der Waals surface area contributed by atoms with Crippen LogP contribution in [0.1, 0.15) is 32.4 Å². The molecule has 124 valence electrons. The molecule has 0 aromatic heterocycles. The quantitative estimate of drug-likeness (QED) is 0.906. The fraction of sp³-hybridized carbons (Fsp3) is 0.562. The number of amides is 1. The number of nitrogens with two attached hydrogens (primary N) is 1. The second-order valence-electron chi connectivity index (χ2n) is 6.54. The van der Waals surface area contributed by atoms with Crippen LogP contribution < -0.4 is 5.73 Å². The zero-order valence-electron chi connectivity index (χ0n) is 13.2. The molecule has 2 rings (SSSR count). The smallest absolute Gasteiger partial charge is 0.240 e. The van der Waals surface area contributed by atoms with Crippen molar-refractivity contribution >= 4 is 18.3 Å². The summed E-state index contributed by atoms with van der Waals surface area (Å²) in [4.78, 5) is 14.2. The summed E-state index contributed by atoms with van der Waals surface area (Å²) in [5.74, 6) is -0.377. The molecule has 2 N–H and O–H groups in total. The van der Waals surface area contributed by atoms with Crippen molar-refractivity contribution in [1.82, 2.24) is 4.90 Å². The van der Waals surface area contributed by atoms with Crippen LogP contribution in [0.4, 0.5) is 4.39 Å². The van der Waals surface area contributed by atoms with Gasteiger partial charge in [-0.1, -0.05) is 32.9 Å². The number of carbonyl (C=O) groups is 1. The summed E-state index contributed by atoms with van der Waals surface area (Å²) in [6.45, 7) is 7.20. The van der Waals surface area contributed by atoms with E-state index in [-0.39, 0.29) is 35.7 Å². The molecule has 0 radical (unpaired) electrons. The Kier molecular flexibility index (Phi) is 6.35. The molecule has 0 aliphatic carbocycles. The number of ether oxygens (including phenoxy) is 1. The first-order valence-corrected chi connectivity index (χ1v) is 7.20. The van der Waals surface area contributed by atoms with Crippen molar-refractivity contribution in [2.24, 2.45) is 11.1 Å². The van der Waals surface area contributed by atoms with Crippen LogP contribution in [0.25, 0.3) is 0 Å². The van der Waals surface area contributed by atoms with Crippen molar-refractivity contribution in [1.29, 1.82) is 0 Å². The normalized spacial score (nSPS) is 20.2. The molecule has 1 aliphatic heterocycles. The second-order valence-corrected chi connectivity index (χ2v) is 6.54. The maximum absolute atomic E-state index is 13.3. The molecule has 1 unspecified atom stereocenters. The van der Waals surface area contributed by atoms with E-state index < -0.39 is 6.04 Å². The van der Waals surface area contributed by atoms with Crippen molar-refractivity contribution in [3.8, 4) is 0 Å². The van der Waals surface area contributed by atoms with Crippen LogP contribution in [-0.4, -0.2) is 36.5 Å². The van der Waals surface area contributed by atoms with E-state index in [0.717, 1.165) is 5.56 Å². The Bertz CT molecular complexity index is 519. The van der Waals surface area contributed by atoms with Gasteiger partial charge in [-0.05, 0) is 23.1 Å². The van der Waals surface area contributed by atoms with E-state index in [1.54, 1.807) is 11.0 Å². The van der Waals surface area contributed by atoms with E-state index in [1.165, 1.54) is 12.1 Å². The molecule has 4 nitrogen and oxygen atoms in total. The highest BCUT2D eigenvalue weighted by molar-refractivity contribution is 5.85. The zero-order chi connectivity index (χ0) is 15.6. The summed E-state index contributed by atoms with van der Waals surface area (Å²) >= 11 is 0. The summed E-state index contributed by atoms with van der Waals surface area (Å²) in [5.41, 5.74) is 6.50. The standard InChI is InChI=1S/C16H23FN2O2.ClH/c1-16(2,3)14(18)15(20)19-7-8-21-13(10-19)11-5-4-6-12(17)9-11;/h4-6,9,13-14H,7-8,10,18H2,1-3H3;1H/t13?,14-;/m1./s1. The minimum absolute atomic E-state index is 0. The Morgan fingerprint density at radius 1 is 1.45 bits per heavy atom. The van der Waals surface area contributed by atoms with Gasteiger partial charge in [0.05, 0.1) is 19.2 Å². The Hall–Kier alpha value is -1.17. The third kappa shape index (κ3) is 4.41. The summed E-state index contributed by atoms with van der Waals surface area (Å²) in [7, 11) is 0. The maximum Gasteiger partial charge on any atom is 0.240 e. The number of nitrogens with zero attached hydrogens (tertiary/aromatic N) is 1. The van der Waals surface area contributed by atoms with Crippen LogP contribution in [-0.2, 0) is 9.53 Å². The third-order valence-electron chi connectivity index (χ3n) is 3.80. The van der Waals surface area contributed by atoms with Crippen LogP contribution in [0, 0.1) is 11.2 Å². The van der Waals surface area contributed by atoms with Crippen molar-refractivity contribution in [3.05, 3.63) is 35.6 Å². The monoisotopic (exact) mass is 330 g/mol. The highest BCUT2D eigenvalue weighted by Crippen LogP contribution is 2.25. The first kappa shape index (κ1) is 18.9. The van der Waals surface area contributed by atoms with Gasteiger partial charge in [-0.3, -0.25) is 4.79 Å². The lowest BCUT2D eigenvalue weighted by molar-refractivity contribution is -0.142. The largest absolute Gasteiger partial charge is 0.370 e. The number of carbonyl (C=O) groups excluding carboxylic acids is 1. The lowest BCUT2D eigenvalue weighted by Gasteiger charge is -2.37. The molecule has 0 bridgehead atoms. The predicted molar refractivity (Wildman–Crippen MR) is 86.4 cm³/mol. The van der Waals surface area contributed by atoms with Gasteiger partial charge in [0, 0.05) is 6.54 Å². The number of hydrogen-bond acceptors (Lipinski definition) is 3. The molecule has 1 aromatic carbocycles. The molecular weight excluding hydrogens is 307 g/mol. The molecule has 22 heavy (non-hydrogen) atoms. The van der Waals surface area contributed by atoms with Gasteiger partial charge < -0.3 is 15.4 Å². The van der Waals surface area contributed by atoms with Crippen LogP contribution in [0.5, 0.6) is 0 Å². The van der Waals surface area contributed by atoms with E-state index in [1.807, 2.05) is 26.8 Å². The minimum atomic E-state index is -0.552. The SMILES string of the molecule is CC(C)(C)[C@H](N)C(=O)N1CCOC(c2cccc(F)c2)C1.Cl. The summed E-state index contributed by atoms with van der Waals surface area (Å²) in [5, 5.41) is 0. The van der Waals surface area contributed by atoms with Crippen molar-refractivity contribution < 1.29 is 13.9 Å². The summed E-state index contributed by atoms with van der Waals surface area (Å²) in [6.07, 6.45) is -0.300. The minimum Gasteiger partial charge on any atom is -0.370 e. The molecule has 1 aliphatic rings. The number of morpholine rings is 1. The van der Waals surface area contributed by atoms with E-state index in [4.69, 9.17) is 10.5 Å². The van der Waals surface area contributed by atoms with Crippen LogP contribution in [0.2, 0.25) is 0 Å². The summed E-state index contributed by atoms with van der Waals surface area (Å²) < 4.78 is 19.0.